The maximum atomic E-state index is 10.9. The van der Waals surface area contributed by atoms with Crippen molar-refractivity contribution in [1.29, 1.82) is 0 Å². The van der Waals surface area contributed by atoms with Gasteiger partial charge in [-0.25, -0.2) is 0 Å². The van der Waals surface area contributed by atoms with Crippen LogP contribution < -0.4 is 10.2 Å². The molecule has 0 aromatic rings. The molecule has 0 radical (unpaired) electrons. The van der Waals surface area contributed by atoms with Crippen LogP contribution in [0, 0.1) is 0 Å². The summed E-state index contributed by atoms with van der Waals surface area (Å²) in [4.78, 5) is 21.7. The first kappa shape index (κ1) is 14.7. The van der Waals surface area contributed by atoms with E-state index < -0.39 is 11.9 Å². The molecule has 0 fully saturated rings. The molecule has 0 heterocycles. The molecule has 0 aliphatic heterocycles. The molecule has 0 aromatic carbocycles. The van der Waals surface area contributed by atoms with E-state index >= 15 is 0 Å². The van der Waals surface area contributed by atoms with E-state index in [1.807, 2.05) is 13.8 Å². The number of hydrogen-bond donors (Lipinski definition) is 0. The van der Waals surface area contributed by atoms with Crippen LogP contribution in [0.2, 0.25) is 0 Å². The molecule has 0 unspecified atom stereocenters. The van der Waals surface area contributed by atoms with Crippen molar-refractivity contribution in [1.82, 2.24) is 0 Å². The summed E-state index contributed by atoms with van der Waals surface area (Å²) in [5.74, 6) is -2.77. The van der Waals surface area contributed by atoms with Crippen LogP contribution >= 0.6 is 0 Å². The Labute approximate surface area is 96.0 Å². The normalized spacial score (nSPS) is 12.1. The minimum Gasteiger partial charge on any atom is -0.545 e. The zero-order valence-electron chi connectivity index (χ0n) is 9.88. The number of rotatable bonds is 8. The summed E-state index contributed by atoms with van der Waals surface area (Å²) in [5.41, 5.74) is -0.203. The summed E-state index contributed by atoms with van der Waals surface area (Å²) in [6.45, 7) is 3.83. The van der Waals surface area contributed by atoms with Crippen molar-refractivity contribution in [2.75, 3.05) is 0 Å². The molecular formula is C12H18O4-2. The highest BCUT2D eigenvalue weighted by Gasteiger charge is 2.08. The van der Waals surface area contributed by atoms with E-state index in [1.54, 1.807) is 0 Å². The van der Waals surface area contributed by atoms with Crippen LogP contribution in [-0.4, -0.2) is 11.9 Å². The van der Waals surface area contributed by atoms with Crippen molar-refractivity contribution in [3.63, 3.8) is 0 Å². The Morgan fingerprint density at radius 2 is 1.12 bits per heavy atom. The highest BCUT2D eigenvalue weighted by atomic mass is 16.4. The lowest BCUT2D eigenvalue weighted by Crippen LogP contribution is -2.32. The smallest absolute Gasteiger partial charge is 0.0678 e. The van der Waals surface area contributed by atoms with Crippen LogP contribution in [0.25, 0.3) is 0 Å². The lowest BCUT2D eigenvalue weighted by molar-refractivity contribution is -0.304. The van der Waals surface area contributed by atoms with Gasteiger partial charge >= 0.3 is 0 Å². The van der Waals surface area contributed by atoms with E-state index in [1.165, 1.54) is 0 Å². The van der Waals surface area contributed by atoms with Crippen molar-refractivity contribution in [3.8, 4) is 0 Å². The van der Waals surface area contributed by atoms with Gasteiger partial charge in [-0.3, -0.25) is 0 Å². The number of carboxylic acids is 2. The average molecular weight is 226 g/mol. The lowest BCUT2D eigenvalue weighted by Gasteiger charge is -2.17. The van der Waals surface area contributed by atoms with E-state index in [9.17, 15) is 19.8 Å². The summed E-state index contributed by atoms with van der Waals surface area (Å²) < 4.78 is 0. The van der Waals surface area contributed by atoms with Crippen LogP contribution in [0.4, 0.5) is 0 Å². The maximum absolute atomic E-state index is 10.9. The first-order chi connectivity index (χ1) is 7.54. The second kappa shape index (κ2) is 7.91. The molecule has 0 atom stereocenters. The third kappa shape index (κ3) is 4.96. The number of aliphatic carboxylic acids is 2. The van der Waals surface area contributed by atoms with Gasteiger partial charge in [-0.2, -0.15) is 0 Å². The summed E-state index contributed by atoms with van der Waals surface area (Å²) in [6, 6.07) is 0. The number of hydrogen-bond acceptors (Lipinski definition) is 4. The third-order valence-corrected chi connectivity index (χ3v) is 2.42. The Balaban J connectivity index is 4.94. The van der Waals surface area contributed by atoms with Crippen molar-refractivity contribution < 1.29 is 19.8 Å². The fraction of sp³-hybridized carbons (Fsp3) is 0.667. The minimum absolute atomic E-state index is 0.102. The summed E-state index contributed by atoms with van der Waals surface area (Å²) in [5, 5.41) is 21.7. The fourth-order valence-electron chi connectivity index (χ4n) is 1.46. The van der Waals surface area contributed by atoms with E-state index in [-0.39, 0.29) is 24.0 Å². The Morgan fingerprint density at radius 3 is 1.31 bits per heavy atom. The maximum Gasteiger partial charge on any atom is 0.0678 e. The van der Waals surface area contributed by atoms with Gasteiger partial charge in [0.15, 0.2) is 0 Å². The fourth-order valence-corrected chi connectivity index (χ4v) is 1.46. The predicted molar refractivity (Wildman–Crippen MR) is 56.1 cm³/mol. The van der Waals surface area contributed by atoms with Crippen molar-refractivity contribution in [3.05, 3.63) is 11.1 Å². The third-order valence-electron chi connectivity index (χ3n) is 2.42. The topological polar surface area (TPSA) is 80.3 Å². The minimum atomic E-state index is -1.39. The van der Waals surface area contributed by atoms with E-state index in [0.717, 1.165) is 12.8 Å². The number of unbranched alkanes of at least 4 members (excludes halogenated alkanes) is 2. The second-order valence-electron chi connectivity index (χ2n) is 3.74. The molecule has 0 aliphatic carbocycles. The molecule has 0 saturated heterocycles. The number of carboxylic acid groups (broad SMARTS) is 2. The average Bonchev–Trinajstić information content (AvgIpc) is 2.21. The monoisotopic (exact) mass is 226 g/mol. The largest absolute Gasteiger partial charge is 0.545 e. The first-order valence-electron chi connectivity index (χ1n) is 5.69. The van der Waals surface area contributed by atoms with Crippen molar-refractivity contribution >= 4 is 11.9 Å². The quantitative estimate of drug-likeness (QED) is 0.552. The molecule has 16 heavy (non-hydrogen) atoms. The van der Waals surface area contributed by atoms with Gasteiger partial charge in [-0.1, -0.05) is 26.7 Å². The molecule has 92 valence electrons. The molecule has 0 aromatic heterocycles. The first-order valence-corrected chi connectivity index (χ1v) is 5.69. The molecule has 0 N–H and O–H groups in total. The van der Waals surface area contributed by atoms with Crippen molar-refractivity contribution in [2.45, 2.75) is 52.4 Å². The van der Waals surface area contributed by atoms with Crippen LogP contribution in [0.15, 0.2) is 11.1 Å². The van der Waals surface area contributed by atoms with Gasteiger partial charge in [0.05, 0.1) is 11.9 Å². The zero-order valence-corrected chi connectivity index (χ0v) is 9.88. The van der Waals surface area contributed by atoms with Crippen LogP contribution in [0.3, 0.4) is 0 Å². The van der Waals surface area contributed by atoms with Crippen LogP contribution in [-0.2, 0) is 9.59 Å². The van der Waals surface area contributed by atoms with Crippen LogP contribution in [0.1, 0.15) is 52.4 Å². The molecule has 0 amide bonds. The van der Waals surface area contributed by atoms with Gasteiger partial charge in [-0.05, 0) is 36.8 Å². The van der Waals surface area contributed by atoms with Crippen LogP contribution in [0.5, 0.6) is 0 Å². The second-order valence-corrected chi connectivity index (χ2v) is 3.74. The molecule has 0 saturated carbocycles. The Kier molecular flexibility index (Phi) is 7.25. The van der Waals surface area contributed by atoms with Gasteiger partial charge in [0.2, 0.25) is 0 Å². The molecule has 0 spiro atoms. The molecule has 4 heteroatoms. The van der Waals surface area contributed by atoms with Gasteiger partial charge in [0, 0.05) is 0 Å². The highest BCUT2D eigenvalue weighted by molar-refractivity contribution is 5.97. The summed E-state index contributed by atoms with van der Waals surface area (Å²) >= 11 is 0. The van der Waals surface area contributed by atoms with Crippen molar-refractivity contribution in [2.24, 2.45) is 0 Å². The molecular weight excluding hydrogens is 208 g/mol. The lowest BCUT2D eigenvalue weighted by atomic mass is 9.98. The Hall–Kier alpha value is -1.32. The molecule has 0 bridgehead atoms. The highest BCUT2D eigenvalue weighted by Crippen LogP contribution is 2.17. The standard InChI is InChI=1S/C12H20O4/c1-3-5-7-9(11(13)14)10(12(15)16)8-6-4-2/h3-8H2,1-2H3,(H,13,14)(H,15,16)/p-2/b10-9-. The Bertz CT molecular complexity index is 251. The molecule has 0 rings (SSSR count). The van der Waals surface area contributed by atoms with Gasteiger partial charge < -0.3 is 19.8 Å². The molecule has 0 aliphatic rings. The molecule has 4 nitrogen and oxygen atoms in total. The van der Waals surface area contributed by atoms with Gasteiger partial charge in [-0.15, -0.1) is 0 Å². The van der Waals surface area contributed by atoms with Gasteiger partial charge in [0.1, 0.15) is 0 Å². The van der Waals surface area contributed by atoms with E-state index in [4.69, 9.17) is 0 Å². The number of carbonyl (C=O) groups is 2. The Morgan fingerprint density at radius 1 is 0.812 bits per heavy atom. The van der Waals surface area contributed by atoms with E-state index in [2.05, 4.69) is 0 Å². The van der Waals surface area contributed by atoms with E-state index in [0.29, 0.717) is 12.8 Å². The summed E-state index contributed by atoms with van der Waals surface area (Å²) in [7, 11) is 0. The SMILES string of the molecule is CCCC/C(C(=O)[O-])=C(\CCCC)C(=O)[O-]. The predicted octanol–water partition coefficient (Wildman–Crippen LogP) is 0.163. The van der Waals surface area contributed by atoms with Gasteiger partial charge in [0.25, 0.3) is 0 Å². The zero-order chi connectivity index (χ0) is 12.6. The number of carbonyl (C=O) groups excluding carboxylic acids is 2. The summed E-state index contributed by atoms with van der Waals surface area (Å²) in [6.07, 6.45) is 3.39.